The maximum atomic E-state index is 11.6. The lowest BCUT2D eigenvalue weighted by Gasteiger charge is -2.12. The lowest BCUT2D eigenvalue weighted by Crippen LogP contribution is -2.16. The zero-order valence-electron chi connectivity index (χ0n) is 9.67. The lowest BCUT2D eigenvalue weighted by atomic mass is 10.3. The third-order valence-electron chi connectivity index (χ3n) is 2.36. The Morgan fingerprint density at radius 1 is 1.44 bits per heavy atom. The van der Waals surface area contributed by atoms with Gasteiger partial charge < -0.3 is 0 Å². The summed E-state index contributed by atoms with van der Waals surface area (Å²) in [5, 5.41) is 4.53. The summed E-state index contributed by atoms with van der Waals surface area (Å²) in [6, 6.07) is 6.71. The first-order valence-corrected chi connectivity index (χ1v) is 7.35. The molecule has 0 atom stereocenters. The molecule has 2 rings (SSSR count). The van der Waals surface area contributed by atoms with E-state index in [9.17, 15) is 8.42 Å². The summed E-state index contributed by atoms with van der Waals surface area (Å²) < 4.78 is 27.3. The molecule has 0 radical (unpaired) electrons. The van der Waals surface area contributed by atoms with E-state index in [1.165, 1.54) is 0 Å². The molecule has 0 unspecified atom stereocenters. The van der Waals surface area contributed by atoms with Gasteiger partial charge in [-0.15, -0.1) is 0 Å². The second kappa shape index (κ2) is 4.99. The fourth-order valence-electron chi connectivity index (χ4n) is 1.44. The molecular formula is C11H12ClN3O2S. The Morgan fingerprint density at radius 2 is 2.22 bits per heavy atom. The highest BCUT2D eigenvalue weighted by atomic mass is 35.5. The second-order valence-corrected chi connectivity index (χ2v) is 6.06. The molecule has 0 amide bonds. The monoisotopic (exact) mass is 285 g/mol. The number of nitrogens with one attached hydrogen (secondary N) is 1. The maximum absolute atomic E-state index is 11.6. The summed E-state index contributed by atoms with van der Waals surface area (Å²) in [7, 11) is -3.35. The van der Waals surface area contributed by atoms with Crippen molar-refractivity contribution in [1.82, 2.24) is 9.78 Å². The van der Waals surface area contributed by atoms with E-state index in [2.05, 4.69) is 9.82 Å². The molecule has 1 N–H and O–H groups in total. The van der Waals surface area contributed by atoms with Gasteiger partial charge in [-0.3, -0.25) is 4.72 Å². The van der Waals surface area contributed by atoms with Crippen molar-refractivity contribution in [1.29, 1.82) is 0 Å². The van der Waals surface area contributed by atoms with E-state index in [1.807, 2.05) is 0 Å². The van der Waals surface area contributed by atoms with Crippen LogP contribution in [0.25, 0.3) is 5.69 Å². The number of aromatic nitrogens is 2. The predicted octanol–water partition coefficient (Wildman–Crippen LogP) is 2.29. The van der Waals surface area contributed by atoms with Gasteiger partial charge in [0.25, 0.3) is 0 Å². The summed E-state index contributed by atoms with van der Waals surface area (Å²) in [6.45, 7) is 1.57. The number of benzene rings is 1. The minimum absolute atomic E-state index is 0.00192. The number of rotatable bonds is 4. The van der Waals surface area contributed by atoms with E-state index in [0.29, 0.717) is 16.4 Å². The number of halogens is 1. The van der Waals surface area contributed by atoms with Crippen LogP contribution < -0.4 is 4.72 Å². The molecule has 1 aromatic carbocycles. The van der Waals surface area contributed by atoms with Crippen LogP contribution in [-0.4, -0.2) is 24.0 Å². The van der Waals surface area contributed by atoms with Crippen molar-refractivity contribution in [3.05, 3.63) is 41.7 Å². The number of nitrogens with zero attached hydrogens (tertiary/aromatic N) is 2. The summed E-state index contributed by atoms with van der Waals surface area (Å²) >= 11 is 5.89. The number of hydrogen-bond acceptors (Lipinski definition) is 3. The Kier molecular flexibility index (Phi) is 3.58. The Hall–Kier alpha value is -1.53. The molecule has 0 aliphatic carbocycles. The quantitative estimate of drug-likeness (QED) is 0.937. The number of sulfonamides is 1. The average Bonchev–Trinajstić information content (AvgIpc) is 2.82. The first-order chi connectivity index (χ1) is 8.52. The van der Waals surface area contributed by atoms with Crippen LogP contribution in [0.2, 0.25) is 5.02 Å². The van der Waals surface area contributed by atoms with Gasteiger partial charge in [0.2, 0.25) is 10.0 Å². The molecule has 5 nitrogen and oxygen atoms in total. The van der Waals surface area contributed by atoms with Crippen LogP contribution in [0.4, 0.5) is 5.69 Å². The smallest absolute Gasteiger partial charge is 0.232 e. The van der Waals surface area contributed by atoms with Gasteiger partial charge in [-0.1, -0.05) is 11.6 Å². The van der Waals surface area contributed by atoms with Gasteiger partial charge in [0.05, 0.1) is 17.1 Å². The molecule has 1 heterocycles. The molecular weight excluding hydrogens is 274 g/mol. The van der Waals surface area contributed by atoms with Gasteiger partial charge in [0.1, 0.15) is 0 Å². The van der Waals surface area contributed by atoms with Crippen LogP contribution in [0, 0.1) is 0 Å². The van der Waals surface area contributed by atoms with Gasteiger partial charge in [0, 0.05) is 17.4 Å². The largest absolute Gasteiger partial charge is 0.281 e. The SMILES string of the molecule is CCS(=O)(=O)Nc1cc(Cl)ccc1-n1cccn1. The van der Waals surface area contributed by atoms with Crippen LogP contribution in [0.3, 0.4) is 0 Å². The number of hydrogen-bond donors (Lipinski definition) is 1. The van der Waals surface area contributed by atoms with E-state index < -0.39 is 10.0 Å². The Bertz CT molecular complexity index is 638. The van der Waals surface area contributed by atoms with Crippen LogP contribution in [0.15, 0.2) is 36.7 Å². The zero-order valence-corrected chi connectivity index (χ0v) is 11.2. The molecule has 18 heavy (non-hydrogen) atoms. The Labute approximate surface area is 110 Å². The minimum atomic E-state index is -3.35. The van der Waals surface area contributed by atoms with Crippen LogP contribution in [0.5, 0.6) is 0 Å². The standard InChI is InChI=1S/C11H12ClN3O2S/c1-2-18(16,17)14-10-8-9(12)4-5-11(10)15-7-3-6-13-15/h3-8,14H,2H2,1H3. The molecule has 0 aliphatic rings. The fraction of sp³-hybridized carbons (Fsp3) is 0.182. The first kappa shape index (κ1) is 12.9. The van der Waals surface area contributed by atoms with Crippen molar-refractivity contribution in [3.8, 4) is 5.69 Å². The van der Waals surface area contributed by atoms with E-state index >= 15 is 0 Å². The van der Waals surface area contributed by atoms with Gasteiger partial charge in [-0.2, -0.15) is 5.10 Å². The molecule has 96 valence electrons. The van der Waals surface area contributed by atoms with Crippen LogP contribution in [-0.2, 0) is 10.0 Å². The highest BCUT2D eigenvalue weighted by Crippen LogP contribution is 2.25. The Balaban J connectivity index is 2.48. The van der Waals surface area contributed by atoms with Crippen LogP contribution >= 0.6 is 11.6 Å². The van der Waals surface area contributed by atoms with Gasteiger partial charge in [-0.05, 0) is 31.2 Å². The molecule has 0 spiro atoms. The molecule has 0 aliphatic heterocycles. The van der Waals surface area contributed by atoms with E-state index in [1.54, 1.807) is 48.3 Å². The molecule has 0 bridgehead atoms. The molecule has 0 saturated carbocycles. The van der Waals surface area contributed by atoms with Crippen molar-refractivity contribution < 1.29 is 8.42 Å². The third kappa shape index (κ3) is 2.83. The van der Waals surface area contributed by atoms with Crippen LogP contribution in [0.1, 0.15) is 6.92 Å². The molecule has 7 heteroatoms. The molecule has 1 aromatic heterocycles. The Morgan fingerprint density at radius 3 is 2.83 bits per heavy atom. The average molecular weight is 286 g/mol. The zero-order chi connectivity index (χ0) is 13.2. The lowest BCUT2D eigenvalue weighted by molar-refractivity contribution is 0.602. The first-order valence-electron chi connectivity index (χ1n) is 5.32. The molecule has 0 saturated heterocycles. The van der Waals surface area contributed by atoms with Crippen molar-refractivity contribution in [2.45, 2.75) is 6.92 Å². The summed E-state index contributed by atoms with van der Waals surface area (Å²) in [6.07, 6.45) is 3.35. The predicted molar refractivity (Wildman–Crippen MR) is 71.7 cm³/mol. The van der Waals surface area contributed by atoms with Gasteiger partial charge in [0.15, 0.2) is 0 Å². The highest BCUT2D eigenvalue weighted by molar-refractivity contribution is 7.92. The summed E-state index contributed by atoms with van der Waals surface area (Å²) in [4.78, 5) is 0. The highest BCUT2D eigenvalue weighted by Gasteiger charge is 2.12. The third-order valence-corrected chi connectivity index (χ3v) is 3.88. The number of anilines is 1. The molecule has 2 aromatic rings. The van der Waals surface area contributed by atoms with Gasteiger partial charge in [-0.25, -0.2) is 13.1 Å². The van der Waals surface area contributed by atoms with E-state index in [4.69, 9.17) is 11.6 Å². The van der Waals surface area contributed by atoms with Crippen molar-refractivity contribution >= 4 is 27.3 Å². The normalized spacial score (nSPS) is 11.4. The van der Waals surface area contributed by atoms with E-state index in [0.717, 1.165) is 0 Å². The van der Waals surface area contributed by atoms with Crippen molar-refractivity contribution in [2.75, 3.05) is 10.5 Å². The fourth-order valence-corrected chi connectivity index (χ4v) is 2.26. The molecule has 0 fully saturated rings. The van der Waals surface area contributed by atoms with Crippen molar-refractivity contribution in [2.24, 2.45) is 0 Å². The summed E-state index contributed by atoms with van der Waals surface area (Å²) in [5.41, 5.74) is 1.04. The van der Waals surface area contributed by atoms with E-state index in [-0.39, 0.29) is 5.75 Å². The topological polar surface area (TPSA) is 64.0 Å². The second-order valence-electron chi connectivity index (χ2n) is 3.62. The van der Waals surface area contributed by atoms with Gasteiger partial charge >= 0.3 is 0 Å². The maximum Gasteiger partial charge on any atom is 0.232 e. The minimum Gasteiger partial charge on any atom is -0.281 e. The van der Waals surface area contributed by atoms with Crippen molar-refractivity contribution in [3.63, 3.8) is 0 Å². The summed E-state index contributed by atoms with van der Waals surface area (Å²) in [5.74, 6) is -0.00192.